The Morgan fingerprint density at radius 1 is 1.12 bits per heavy atom. The van der Waals surface area contributed by atoms with Crippen molar-refractivity contribution in [2.24, 2.45) is 0 Å². The Hall–Kier alpha value is -1.61. The van der Waals surface area contributed by atoms with E-state index in [9.17, 15) is 0 Å². The fraction of sp³-hybridized carbons (Fsp3) is 0.143. The Bertz CT molecular complexity index is 483. The van der Waals surface area contributed by atoms with Crippen molar-refractivity contribution < 1.29 is 0 Å². The molecule has 0 saturated carbocycles. The predicted octanol–water partition coefficient (Wildman–Crippen LogP) is 3.60. The first-order valence-electron chi connectivity index (χ1n) is 5.53. The highest BCUT2D eigenvalue weighted by atomic mass is 32.2. The lowest BCUT2D eigenvalue weighted by Gasteiger charge is -2.09. The zero-order valence-corrected chi connectivity index (χ0v) is 10.6. The maximum Gasteiger partial charge on any atom is 0.0477 e. The van der Waals surface area contributed by atoms with Crippen molar-refractivity contribution in [2.75, 3.05) is 18.1 Å². The van der Waals surface area contributed by atoms with E-state index >= 15 is 0 Å². The molecular weight excluding hydrogens is 228 g/mol. The SMILES string of the molecule is CNc1ccc(N)cc1SCc1ccccc1. The van der Waals surface area contributed by atoms with Crippen LogP contribution in [0.5, 0.6) is 0 Å². The molecule has 0 aliphatic heterocycles. The summed E-state index contributed by atoms with van der Waals surface area (Å²) in [4.78, 5) is 1.19. The standard InChI is InChI=1S/C14H16N2S/c1-16-13-8-7-12(15)9-14(13)17-10-11-5-3-2-4-6-11/h2-9,16H,10,15H2,1H3. The van der Waals surface area contributed by atoms with Gasteiger partial charge in [-0.25, -0.2) is 0 Å². The van der Waals surface area contributed by atoms with E-state index in [0.29, 0.717) is 0 Å². The zero-order chi connectivity index (χ0) is 12.1. The molecule has 0 atom stereocenters. The van der Waals surface area contributed by atoms with E-state index < -0.39 is 0 Å². The van der Waals surface area contributed by atoms with Gasteiger partial charge in [0.25, 0.3) is 0 Å². The molecule has 0 unspecified atom stereocenters. The molecular formula is C14H16N2S. The van der Waals surface area contributed by atoms with Gasteiger partial charge in [0.15, 0.2) is 0 Å². The van der Waals surface area contributed by atoms with Gasteiger partial charge < -0.3 is 11.1 Å². The van der Waals surface area contributed by atoms with Gasteiger partial charge in [-0.05, 0) is 23.8 Å². The highest BCUT2D eigenvalue weighted by molar-refractivity contribution is 7.98. The number of anilines is 2. The van der Waals surface area contributed by atoms with E-state index in [-0.39, 0.29) is 0 Å². The van der Waals surface area contributed by atoms with Gasteiger partial charge in [-0.2, -0.15) is 0 Å². The summed E-state index contributed by atoms with van der Waals surface area (Å²) in [7, 11) is 1.93. The molecule has 2 rings (SSSR count). The fourth-order valence-corrected chi connectivity index (χ4v) is 2.66. The summed E-state index contributed by atoms with van der Waals surface area (Å²) in [5.74, 6) is 0.957. The van der Waals surface area contributed by atoms with Crippen LogP contribution in [0.2, 0.25) is 0 Å². The Labute approximate surface area is 106 Å². The summed E-state index contributed by atoms with van der Waals surface area (Å²) in [5.41, 5.74) is 9.06. The predicted molar refractivity (Wildman–Crippen MR) is 76.4 cm³/mol. The Morgan fingerprint density at radius 2 is 1.88 bits per heavy atom. The van der Waals surface area contributed by atoms with Crippen LogP contribution in [0, 0.1) is 0 Å². The molecule has 0 radical (unpaired) electrons. The topological polar surface area (TPSA) is 38.0 Å². The molecule has 3 N–H and O–H groups in total. The van der Waals surface area contributed by atoms with Crippen LogP contribution in [0.25, 0.3) is 0 Å². The first kappa shape index (κ1) is 11.9. The normalized spacial score (nSPS) is 10.2. The van der Waals surface area contributed by atoms with E-state index in [1.54, 1.807) is 11.8 Å². The molecule has 0 spiro atoms. The van der Waals surface area contributed by atoms with Crippen LogP contribution in [0.15, 0.2) is 53.4 Å². The van der Waals surface area contributed by atoms with Crippen LogP contribution in [0.3, 0.4) is 0 Å². The second kappa shape index (κ2) is 5.64. The molecule has 0 bridgehead atoms. The van der Waals surface area contributed by atoms with Crippen LogP contribution < -0.4 is 11.1 Å². The highest BCUT2D eigenvalue weighted by Crippen LogP contribution is 2.31. The van der Waals surface area contributed by atoms with Crippen molar-refractivity contribution in [1.29, 1.82) is 0 Å². The Balaban J connectivity index is 2.11. The first-order chi connectivity index (χ1) is 8.29. The molecule has 2 aromatic rings. The smallest absolute Gasteiger partial charge is 0.0477 e. The number of hydrogen-bond acceptors (Lipinski definition) is 3. The van der Waals surface area contributed by atoms with Gasteiger partial charge in [0.05, 0.1) is 0 Å². The summed E-state index contributed by atoms with van der Waals surface area (Å²) in [5, 5.41) is 3.18. The third-order valence-corrected chi connectivity index (χ3v) is 3.64. The first-order valence-corrected chi connectivity index (χ1v) is 6.52. The van der Waals surface area contributed by atoms with E-state index in [1.165, 1.54) is 10.5 Å². The lowest BCUT2D eigenvalue weighted by molar-refractivity contribution is 1.35. The molecule has 17 heavy (non-hydrogen) atoms. The minimum atomic E-state index is 0.805. The van der Waals surface area contributed by atoms with Gasteiger partial charge in [0, 0.05) is 29.1 Å². The van der Waals surface area contributed by atoms with E-state index in [1.807, 2.05) is 31.3 Å². The molecule has 0 aliphatic carbocycles. The third kappa shape index (κ3) is 3.17. The van der Waals surface area contributed by atoms with Crippen molar-refractivity contribution in [2.45, 2.75) is 10.6 Å². The molecule has 2 nitrogen and oxygen atoms in total. The minimum Gasteiger partial charge on any atom is -0.399 e. The quantitative estimate of drug-likeness (QED) is 0.637. The molecule has 0 fully saturated rings. The lowest BCUT2D eigenvalue weighted by atomic mass is 10.2. The second-order valence-electron chi connectivity index (χ2n) is 3.78. The molecule has 88 valence electrons. The largest absolute Gasteiger partial charge is 0.399 e. The number of hydrogen-bond donors (Lipinski definition) is 2. The summed E-state index contributed by atoms with van der Waals surface area (Å²) in [6.45, 7) is 0. The number of nitrogens with two attached hydrogens (primary N) is 1. The van der Waals surface area contributed by atoms with Crippen molar-refractivity contribution in [1.82, 2.24) is 0 Å². The van der Waals surface area contributed by atoms with Gasteiger partial charge in [0.1, 0.15) is 0 Å². The van der Waals surface area contributed by atoms with Crippen LogP contribution >= 0.6 is 11.8 Å². The maximum atomic E-state index is 5.81. The van der Waals surface area contributed by atoms with Crippen LogP contribution in [-0.2, 0) is 5.75 Å². The molecule has 0 heterocycles. The van der Waals surface area contributed by atoms with Gasteiger partial charge in [-0.1, -0.05) is 30.3 Å². The van der Waals surface area contributed by atoms with Crippen LogP contribution in [-0.4, -0.2) is 7.05 Å². The summed E-state index contributed by atoms with van der Waals surface area (Å²) in [6.07, 6.45) is 0. The average molecular weight is 244 g/mol. The molecule has 0 aromatic heterocycles. The van der Waals surface area contributed by atoms with Crippen molar-refractivity contribution in [3.05, 3.63) is 54.1 Å². The average Bonchev–Trinajstić information content (AvgIpc) is 2.38. The van der Waals surface area contributed by atoms with Crippen LogP contribution in [0.1, 0.15) is 5.56 Å². The fourth-order valence-electron chi connectivity index (χ4n) is 1.60. The molecule has 0 amide bonds. The molecule has 2 aromatic carbocycles. The maximum absolute atomic E-state index is 5.81. The van der Waals surface area contributed by atoms with Crippen molar-refractivity contribution in [3.8, 4) is 0 Å². The van der Waals surface area contributed by atoms with E-state index in [4.69, 9.17) is 5.73 Å². The zero-order valence-electron chi connectivity index (χ0n) is 9.81. The highest BCUT2D eigenvalue weighted by Gasteiger charge is 2.02. The third-order valence-electron chi connectivity index (χ3n) is 2.51. The number of thioether (sulfide) groups is 1. The van der Waals surface area contributed by atoms with Crippen molar-refractivity contribution >= 4 is 23.1 Å². The number of nitrogen functional groups attached to an aromatic ring is 1. The summed E-state index contributed by atoms with van der Waals surface area (Å²) in [6, 6.07) is 16.4. The Kier molecular flexibility index (Phi) is 3.94. The van der Waals surface area contributed by atoms with Gasteiger partial charge >= 0.3 is 0 Å². The molecule has 0 saturated heterocycles. The Morgan fingerprint density at radius 3 is 2.59 bits per heavy atom. The van der Waals surface area contributed by atoms with Gasteiger partial charge in [-0.3, -0.25) is 0 Å². The van der Waals surface area contributed by atoms with Crippen molar-refractivity contribution in [3.63, 3.8) is 0 Å². The second-order valence-corrected chi connectivity index (χ2v) is 4.80. The lowest BCUT2D eigenvalue weighted by Crippen LogP contribution is -1.93. The van der Waals surface area contributed by atoms with E-state index in [0.717, 1.165) is 17.1 Å². The van der Waals surface area contributed by atoms with E-state index in [2.05, 4.69) is 29.6 Å². The number of nitrogens with one attached hydrogen (secondary N) is 1. The monoisotopic (exact) mass is 244 g/mol. The summed E-state index contributed by atoms with van der Waals surface area (Å²) < 4.78 is 0. The number of rotatable bonds is 4. The molecule has 0 aliphatic rings. The summed E-state index contributed by atoms with van der Waals surface area (Å²) >= 11 is 1.80. The van der Waals surface area contributed by atoms with Gasteiger partial charge in [-0.15, -0.1) is 11.8 Å². The van der Waals surface area contributed by atoms with Gasteiger partial charge in [0.2, 0.25) is 0 Å². The minimum absolute atomic E-state index is 0.805. The van der Waals surface area contributed by atoms with Crippen LogP contribution in [0.4, 0.5) is 11.4 Å². The molecule has 3 heteroatoms. The number of benzene rings is 2.